The van der Waals surface area contributed by atoms with E-state index < -0.39 is 0 Å². The molecule has 1 atom stereocenters. The van der Waals surface area contributed by atoms with Crippen molar-refractivity contribution in [1.82, 2.24) is 5.32 Å². The molecule has 2 aromatic carbocycles. The number of nitrogens with one attached hydrogen (secondary N) is 2. The Labute approximate surface area is 130 Å². The van der Waals surface area contributed by atoms with Crippen LogP contribution in [0.3, 0.4) is 0 Å². The first-order chi connectivity index (χ1) is 10.1. The van der Waals surface area contributed by atoms with Crippen LogP contribution in [-0.4, -0.2) is 12.5 Å². The maximum Gasteiger partial charge on any atom is 0.239 e. The molecule has 0 radical (unpaired) electrons. The number of benzene rings is 2. The number of hydrogen-bond donors (Lipinski definition) is 2. The molecule has 2 aromatic rings. The van der Waals surface area contributed by atoms with E-state index in [2.05, 4.69) is 10.6 Å². The lowest BCUT2D eigenvalue weighted by molar-refractivity contribution is -0.120. The number of halogens is 1. The molecule has 0 unspecified atom stereocenters. The summed E-state index contributed by atoms with van der Waals surface area (Å²) in [6.45, 7) is 4.12. The van der Waals surface area contributed by atoms with Crippen molar-refractivity contribution in [3.63, 3.8) is 0 Å². The zero-order chi connectivity index (χ0) is 15.2. The van der Waals surface area contributed by atoms with Gasteiger partial charge in [-0.2, -0.15) is 0 Å². The average molecular weight is 303 g/mol. The fourth-order valence-corrected chi connectivity index (χ4v) is 2.27. The molecule has 0 saturated heterocycles. The van der Waals surface area contributed by atoms with E-state index in [1.165, 1.54) is 0 Å². The number of hydrogen-bond acceptors (Lipinski definition) is 2. The molecule has 0 spiro atoms. The summed E-state index contributed by atoms with van der Waals surface area (Å²) in [5.41, 5.74) is 2.91. The highest BCUT2D eigenvalue weighted by Crippen LogP contribution is 2.22. The molecule has 0 aliphatic carbocycles. The zero-order valence-corrected chi connectivity index (χ0v) is 12.9. The molecular formula is C17H19ClN2O. The molecule has 2 rings (SSSR count). The Morgan fingerprint density at radius 3 is 2.57 bits per heavy atom. The number of anilines is 1. The van der Waals surface area contributed by atoms with Gasteiger partial charge in [-0.1, -0.05) is 48.0 Å². The van der Waals surface area contributed by atoms with E-state index in [0.29, 0.717) is 5.02 Å². The van der Waals surface area contributed by atoms with Gasteiger partial charge in [0, 0.05) is 10.7 Å². The van der Waals surface area contributed by atoms with Crippen LogP contribution in [0.25, 0.3) is 0 Å². The Morgan fingerprint density at radius 1 is 1.14 bits per heavy atom. The third kappa shape index (κ3) is 4.23. The van der Waals surface area contributed by atoms with E-state index in [4.69, 9.17) is 11.6 Å². The molecule has 0 aromatic heterocycles. The minimum absolute atomic E-state index is 0.0130. The van der Waals surface area contributed by atoms with Crippen LogP contribution in [-0.2, 0) is 4.79 Å². The lowest BCUT2D eigenvalue weighted by atomic mass is 10.1. The predicted molar refractivity (Wildman–Crippen MR) is 87.7 cm³/mol. The van der Waals surface area contributed by atoms with Gasteiger partial charge in [-0.15, -0.1) is 0 Å². The van der Waals surface area contributed by atoms with Crippen molar-refractivity contribution >= 4 is 23.2 Å². The van der Waals surface area contributed by atoms with Crippen molar-refractivity contribution in [2.45, 2.75) is 19.9 Å². The van der Waals surface area contributed by atoms with Crippen molar-refractivity contribution in [3.8, 4) is 0 Å². The second kappa shape index (κ2) is 7.14. The average Bonchev–Trinajstić information content (AvgIpc) is 2.49. The monoisotopic (exact) mass is 302 g/mol. The molecule has 0 bridgehead atoms. The maximum absolute atomic E-state index is 12.0. The Bertz CT molecular complexity index is 613. The summed E-state index contributed by atoms with van der Waals surface area (Å²) in [7, 11) is 0. The molecule has 1 amide bonds. The molecule has 0 heterocycles. The maximum atomic E-state index is 12.0. The van der Waals surface area contributed by atoms with Crippen LogP contribution in [0.1, 0.15) is 24.1 Å². The van der Waals surface area contributed by atoms with E-state index in [1.807, 2.05) is 62.4 Å². The van der Waals surface area contributed by atoms with Gasteiger partial charge in [0.05, 0.1) is 12.6 Å². The smallest absolute Gasteiger partial charge is 0.239 e. The fraction of sp³-hybridized carbons (Fsp3) is 0.235. The summed E-state index contributed by atoms with van der Waals surface area (Å²) in [4.78, 5) is 12.0. The fourth-order valence-electron chi connectivity index (χ4n) is 2.09. The van der Waals surface area contributed by atoms with Crippen LogP contribution in [0.15, 0.2) is 48.5 Å². The highest BCUT2D eigenvalue weighted by atomic mass is 35.5. The quantitative estimate of drug-likeness (QED) is 0.878. The molecule has 0 fully saturated rings. The van der Waals surface area contributed by atoms with Crippen LogP contribution < -0.4 is 10.6 Å². The van der Waals surface area contributed by atoms with Gasteiger partial charge in [-0.05, 0) is 37.1 Å². The molecular weight excluding hydrogens is 284 g/mol. The van der Waals surface area contributed by atoms with E-state index in [-0.39, 0.29) is 18.5 Å². The topological polar surface area (TPSA) is 41.1 Å². The summed E-state index contributed by atoms with van der Waals surface area (Å²) in [6, 6.07) is 15.5. The van der Waals surface area contributed by atoms with Crippen molar-refractivity contribution in [1.29, 1.82) is 0 Å². The lowest BCUT2D eigenvalue weighted by Gasteiger charge is -2.15. The second-order valence-electron chi connectivity index (χ2n) is 4.97. The first-order valence-electron chi connectivity index (χ1n) is 6.91. The molecule has 110 valence electrons. The van der Waals surface area contributed by atoms with Gasteiger partial charge in [0.2, 0.25) is 5.91 Å². The molecule has 4 heteroatoms. The highest BCUT2D eigenvalue weighted by Gasteiger charge is 2.09. The van der Waals surface area contributed by atoms with Gasteiger partial charge in [0.15, 0.2) is 0 Å². The van der Waals surface area contributed by atoms with Gasteiger partial charge in [-0.3, -0.25) is 4.79 Å². The molecule has 0 aliphatic heterocycles. The van der Waals surface area contributed by atoms with E-state index in [1.54, 1.807) is 0 Å². The number of amides is 1. The minimum Gasteiger partial charge on any atom is -0.376 e. The third-order valence-corrected chi connectivity index (χ3v) is 3.79. The molecule has 0 aliphatic rings. The minimum atomic E-state index is -0.0503. The third-order valence-electron chi connectivity index (χ3n) is 3.38. The summed E-state index contributed by atoms with van der Waals surface area (Å²) < 4.78 is 0. The zero-order valence-electron chi connectivity index (χ0n) is 12.2. The van der Waals surface area contributed by atoms with Gasteiger partial charge < -0.3 is 10.6 Å². The highest BCUT2D eigenvalue weighted by molar-refractivity contribution is 6.31. The Morgan fingerprint density at radius 2 is 1.86 bits per heavy atom. The Kier molecular flexibility index (Phi) is 5.23. The van der Waals surface area contributed by atoms with Crippen LogP contribution in [0.4, 0.5) is 5.69 Å². The summed E-state index contributed by atoms with van der Waals surface area (Å²) in [5, 5.41) is 6.77. The summed E-state index contributed by atoms with van der Waals surface area (Å²) in [6.07, 6.45) is 0. The Hall–Kier alpha value is -2.00. The summed E-state index contributed by atoms with van der Waals surface area (Å²) >= 11 is 6.05. The molecule has 0 saturated carbocycles. The molecule has 21 heavy (non-hydrogen) atoms. The SMILES string of the molecule is Cc1c(Cl)cccc1NCC(=O)N[C@@H](C)c1ccccc1. The normalized spacial score (nSPS) is 11.8. The number of carbonyl (C=O) groups is 1. The molecule has 2 N–H and O–H groups in total. The van der Waals surface area contributed by atoms with Crippen molar-refractivity contribution in [3.05, 3.63) is 64.7 Å². The van der Waals surface area contributed by atoms with Crippen LogP contribution in [0.5, 0.6) is 0 Å². The lowest BCUT2D eigenvalue weighted by Crippen LogP contribution is -2.32. The van der Waals surface area contributed by atoms with Crippen LogP contribution >= 0.6 is 11.6 Å². The van der Waals surface area contributed by atoms with Crippen LogP contribution in [0, 0.1) is 6.92 Å². The number of carbonyl (C=O) groups excluding carboxylic acids is 1. The van der Waals surface area contributed by atoms with E-state index >= 15 is 0 Å². The first kappa shape index (κ1) is 15.4. The van der Waals surface area contributed by atoms with Gasteiger partial charge in [0.25, 0.3) is 0 Å². The predicted octanol–water partition coefficient (Wildman–Crippen LogP) is 3.94. The van der Waals surface area contributed by atoms with Gasteiger partial charge >= 0.3 is 0 Å². The molecule has 3 nitrogen and oxygen atoms in total. The Balaban J connectivity index is 1.89. The van der Waals surface area contributed by atoms with Crippen molar-refractivity contribution in [2.75, 3.05) is 11.9 Å². The standard InChI is InChI=1S/C17H19ClN2O/c1-12-15(18)9-6-10-16(12)19-11-17(21)20-13(2)14-7-4-3-5-8-14/h3-10,13,19H,11H2,1-2H3,(H,20,21)/t13-/m0/s1. The summed E-state index contributed by atoms with van der Waals surface area (Å²) in [5.74, 6) is -0.0503. The largest absolute Gasteiger partial charge is 0.376 e. The van der Waals surface area contributed by atoms with E-state index in [9.17, 15) is 4.79 Å². The van der Waals surface area contributed by atoms with Gasteiger partial charge in [-0.25, -0.2) is 0 Å². The van der Waals surface area contributed by atoms with Crippen molar-refractivity contribution in [2.24, 2.45) is 0 Å². The first-order valence-corrected chi connectivity index (χ1v) is 7.29. The van der Waals surface area contributed by atoms with Gasteiger partial charge in [0.1, 0.15) is 0 Å². The number of rotatable bonds is 5. The van der Waals surface area contributed by atoms with E-state index in [0.717, 1.165) is 16.8 Å². The van der Waals surface area contributed by atoms with Crippen LogP contribution in [0.2, 0.25) is 5.02 Å². The second-order valence-corrected chi connectivity index (χ2v) is 5.37. The van der Waals surface area contributed by atoms with Crippen molar-refractivity contribution < 1.29 is 4.79 Å².